The number of hydrogen-bond acceptors (Lipinski definition) is 1. The third-order valence-corrected chi connectivity index (χ3v) is 6.77. The molecule has 7 aromatic rings. The van der Waals surface area contributed by atoms with E-state index in [4.69, 9.17) is 13.7 Å². The zero-order chi connectivity index (χ0) is 33.4. The van der Waals surface area contributed by atoms with Gasteiger partial charge in [0.05, 0.1) is 17.9 Å². The number of aryl methyl sites for hydroxylation is 1. The Morgan fingerprint density at radius 1 is 0.676 bits per heavy atom. The Morgan fingerprint density at radius 2 is 1.24 bits per heavy atom. The summed E-state index contributed by atoms with van der Waals surface area (Å²) in [4.78, 5) is 4.42. The summed E-state index contributed by atoms with van der Waals surface area (Å²) in [6.45, 7) is -2.95. The number of benzene rings is 6. The lowest BCUT2D eigenvalue weighted by atomic mass is 9.86. The molecule has 2 nitrogen and oxygen atoms in total. The smallest absolute Gasteiger partial charge is 0.114 e. The fourth-order valence-corrected chi connectivity index (χ4v) is 5.23. The summed E-state index contributed by atoms with van der Waals surface area (Å²) in [5.74, 6) is -0.217. The molecule has 2 heteroatoms. The highest BCUT2D eigenvalue weighted by molar-refractivity contribution is 6.21. The quantitative estimate of drug-likeness (QED) is 0.228. The monoisotopic (exact) mass is 484 g/mol. The number of fused-ring (bicyclic) bond motifs is 3. The highest BCUT2D eigenvalue weighted by Gasteiger charge is 2.17. The molecule has 0 aliphatic rings. The van der Waals surface area contributed by atoms with Gasteiger partial charge >= 0.3 is 0 Å². The Labute approximate surface area is 230 Å². The van der Waals surface area contributed by atoms with Crippen LogP contribution in [-0.4, -0.2) is 9.55 Å². The number of rotatable bonds is 4. The van der Waals surface area contributed by atoms with Crippen molar-refractivity contribution < 1.29 is 13.7 Å². The minimum Gasteiger partial charge on any atom is -0.296 e. The van der Waals surface area contributed by atoms with Crippen LogP contribution in [0.25, 0.3) is 60.5 Å². The summed E-state index contributed by atoms with van der Waals surface area (Å²) >= 11 is 0. The standard InChI is InChI=1S/C35H26N2/c1-2-33-36-31-18-10-11-19-32(31)37(33)26-22-20-25(21-23-26)35-29-16-8-6-14-27(29)34(24-12-4-3-5-13-24)28-15-7-9-17-30(28)35/h3-23H,2H2,1H3/i1D3,2D2,3D,4D,5D,12D,13D. The maximum Gasteiger partial charge on any atom is 0.114 e. The summed E-state index contributed by atoms with van der Waals surface area (Å²) in [5.41, 5.74) is 3.95. The Kier molecular flexibility index (Phi) is 3.21. The third-order valence-electron chi connectivity index (χ3n) is 6.77. The lowest BCUT2D eigenvalue weighted by Gasteiger charge is -2.18. The molecule has 0 radical (unpaired) electrons. The summed E-state index contributed by atoms with van der Waals surface area (Å²) in [7, 11) is 0. The molecule has 1 aromatic heterocycles. The first-order valence-electron chi connectivity index (χ1n) is 16.9. The van der Waals surface area contributed by atoms with E-state index in [9.17, 15) is 0 Å². The van der Waals surface area contributed by atoms with Crippen LogP contribution >= 0.6 is 0 Å². The molecule has 0 amide bonds. The van der Waals surface area contributed by atoms with E-state index in [0.29, 0.717) is 22.3 Å². The summed E-state index contributed by atoms with van der Waals surface area (Å²) in [6, 6.07) is 27.8. The van der Waals surface area contributed by atoms with E-state index >= 15 is 0 Å². The van der Waals surface area contributed by atoms with E-state index in [0.717, 1.165) is 32.7 Å². The SMILES string of the molecule is [2H]c1c([2H])c([2H])c(-c2c3ccccc3c(-c3ccc(-n4c(C([2H])([2H])C([2H])([2H])[2H])nc5ccccc54)cc3)c3ccccc23)c([2H])c1[2H]. The van der Waals surface area contributed by atoms with Crippen molar-refractivity contribution in [1.29, 1.82) is 0 Å². The van der Waals surface area contributed by atoms with E-state index in [-0.39, 0.29) is 23.5 Å². The molecule has 1 heterocycles. The van der Waals surface area contributed by atoms with E-state index in [1.807, 2.05) is 60.7 Å². The molecule has 0 atom stereocenters. The molecule has 0 aliphatic heterocycles. The van der Waals surface area contributed by atoms with Crippen LogP contribution in [0.2, 0.25) is 0 Å². The van der Waals surface area contributed by atoms with Crippen LogP contribution in [-0.2, 0) is 6.37 Å². The molecule has 176 valence electrons. The topological polar surface area (TPSA) is 17.8 Å². The lowest BCUT2D eigenvalue weighted by molar-refractivity contribution is 0.908. The zero-order valence-corrected chi connectivity index (χ0v) is 19.6. The van der Waals surface area contributed by atoms with E-state index < -0.39 is 31.4 Å². The van der Waals surface area contributed by atoms with Gasteiger partial charge in [-0.05, 0) is 68.1 Å². The van der Waals surface area contributed by atoms with Gasteiger partial charge < -0.3 is 0 Å². The number of para-hydroxylation sites is 2. The minimum absolute atomic E-state index is 0.133. The van der Waals surface area contributed by atoms with Crippen molar-refractivity contribution in [3.8, 4) is 27.9 Å². The average Bonchev–Trinajstić information content (AvgIpc) is 3.46. The second-order valence-electron chi connectivity index (χ2n) is 8.77. The van der Waals surface area contributed by atoms with Crippen LogP contribution in [0, 0.1) is 0 Å². The highest BCUT2D eigenvalue weighted by Crippen LogP contribution is 2.43. The molecular formula is C35H26N2. The lowest BCUT2D eigenvalue weighted by Crippen LogP contribution is -2.00. The predicted octanol–water partition coefficient (Wildman–Crippen LogP) is 9.23. The summed E-state index contributed by atoms with van der Waals surface area (Å²) < 4.78 is 84.5. The van der Waals surface area contributed by atoms with Crippen LogP contribution in [0.4, 0.5) is 0 Å². The molecule has 0 aliphatic carbocycles. The van der Waals surface area contributed by atoms with Crippen molar-refractivity contribution in [2.45, 2.75) is 13.2 Å². The first-order chi connectivity index (χ1) is 22.3. The van der Waals surface area contributed by atoms with Crippen LogP contribution < -0.4 is 0 Å². The van der Waals surface area contributed by atoms with Gasteiger partial charge in [0.1, 0.15) is 5.82 Å². The average molecular weight is 485 g/mol. The van der Waals surface area contributed by atoms with E-state index in [1.165, 1.54) is 0 Å². The molecule has 0 fully saturated rings. The van der Waals surface area contributed by atoms with Gasteiger partial charge in [0.2, 0.25) is 0 Å². The van der Waals surface area contributed by atoms with Crippen molar-refractivity contribution in [3.05, 3.63) is 133 Å². The molecule has 0 saturated heterocycles. The van der Waals surface area contributed by atoms with Gasteiger partial charge in [0, 0.05) is 18.9 Å². The van der Waals surface area contributed by atoms with E-state index in [2.05, 4.69) is 4.98 Å². The Hall–Kier alpha value is -4.69. The zero-order valence-electron chi connectivity index (χ0n) is 29.6. The molecule has 0 spiro atoms. The second-order valence-corrected chi connectivity index (χ2v) is 8.77. The van der Waals surface area contributed by atoms with Crippen molar-refractivity contribution in [2.75, 3.05) is 0 Å². The van der Waals surface area contributed by atoms with Crippen LogP contribution in [0.1, 0.15) is 26.4 Å². The highest BCUT2D eigenvalue weighted by atomic mass is 15.1. The van der Waals surface area contributed by atoms with Crippen molar-refractivity contribution in [2.24, 2.45) is 0 Å². The largest absolute Gasteiger partial charge is 0.296 e. The summed E-state index contributed by atoms with van der Waals surface area (Å²) in [5, 5.41) is 3.07. The minimum atomic E-state index is -2.95. The number of hydrogen-bond donors (Lipinski definition) is 0. The number of nitrogens with zero attached hydrogens (tertiary/aromatic N) is 2. The van der Waals surface area contributed by atoms with Gasteiger partial charge in [-0.1, -0.05) is 110 Å². The molecule has 0 unspecified atom stereocenters. The molecule has 0 bridgehead atoms. The normalized spacial score (nSPS) is 16.1. The fraction of sp³-hybridized carbons (Fsp3) is 0.0571. The second kappa shape index (κ2) is 8.76. The first kappa shape index (κ1) is 13.6. The van der Waals surface area contributed by atoms with Gasteiger partial charge in [-0.2, -0.15) is 0 Å². The van der Waals surface area contributed by atoms with Gasteiger partial charge in [-0.3, -0.25) is 4.57 Å². The Balaban J connectivity index is 1.49. The van der Waals surface area contributed by atoms with Crippen LogP contribution in [0.5, 0.6) is 0 Å². The predicted molar refractivity (Wildman–Crippen MR) is 156 cm³/mol. The van der Waals surface area contributed by atoms with Crippen LogP contribution in [0.3, 0.4) is 0 Å². The molecule has 37 heavy (non-hydrogen) atoms. The van der Waals surface area contributed by atoms with Crippen molar-refractivity contribution >= 4 is 32.6 Å². The number of imidazole rings is 1. The number of aromatic nitrogens is 2. The van der Waals surface area contributed by atoms with Gasteiger partial charge in [-0.15, -0.1) is 0 Å². The van der Waals surface area contributed by atoms with Crippen molar-refractivity contribution in [1.82, 2.24) is 9.55 Å². The van der Waals surface area contributed by atoms with Crippen LogP contribution in [0.15, 0.2) is 127 Å². The Morgan fingerprint density at radius 3 is 1.86 bits per heavy atom. The molecular weight excluding hydrogens is 448 g/mol. The molecule has 6 aromatic carbocycles. The Bertz CT molecular complexity index is 2290. The maximum absolute atomic E-state index is 8.75. The fourth-order valence-electron chi connectivity index (χ4n) is 5.23. The van der Waals surface area contributed by atoms with Gasteiger partial charge in [0.15, 0.2) is 0 Å². The van der Waals surface area contributed by atoms with Crippen molar-refractivity contribution in [3.63, 3.8) is 0 Å². The van der Waals surface area contributed by atoms with E-state index in [1.54, 1.807) is 41.0 Å². The maximum atomic E-state index is 8.75. The first-order valence-corrected chi connectivity index (χ1v) is 11.9. The van der Waals surface area contributed by atoms with Gasteiger partial charge in [-0.25, -0.2) is 4.98 Å². The molecule has 7 rings (SSSR count). The third kappa shape index (κ3) is 3.45. The molecule has 0 saturated carbocycles. The molecule has 0 N–H and O–H groups in total. The summed E-state index contributed by atoms with van der Waals surface area (Å²) in [6.07, 6.45) is -2.73. The van der Waals surface area contributed by atoms with Gasteiger partial charge in [0.25, 0.3) is 0 Å².